The first-order valence-corrected chi connectivity index (χ1v) is 7.07. The summed E-state index contributed by atoms with van der Waals surface area (Å²) < 4.78 is 5.45. The highest BCUT2D eigenvalue weighted by Crippen LogP contribution is 2.25. The van der Waals surface area contributed by atoms with Gasteiger partial charge in [-0.3, -0.25) is 5.32 Å². The van der Waals surface area contributed by atoms with Gasteiger partial charge in [0.1, 0.15) is 18.1 Å². The zero-order valence-electron chi connectivity index (χ0n) is 10.8. The van der Waals surface area contributed by atoms with E-state index in [0.29, 0.717) is 16.7 Å². The molecule has 2 N–H and O–H groups in total. The van der Waals surface area contributed by atoms with Crippen LogP contribution in [-0.2, 0) is 6.61 Å². The summed E-state index contributed by atoms with van der Waals surface area (Å²) in [6, 6.07) is 11.0. The van der Waals surface area contributed by atoms with E-state index in [4.69, 9.17) is 14.8 Å². The predicted molar refractivity (Wildman–Crippen MR) is 79.4 cm³/mol. The first-order chi connectivity index (χ1) is 9.76. The third kappa shape index (κ3) is 3.41. The fourth-order valence-corrected chi connectivity index (χ4v) is 1.95. The van der Waals surface area contributed by atoms with Crippen LogP contribution >= 0.6 is 11.8 Å². The van der Waals surface area contributed by atoms with Crippen LogP contribution in [0.4, 0.5) is 5.69 Å². The van der Waals surface area contributed by atoms with Crippen molar-refractivity contribution < 1.29 is 9.52 Å². The van der Waals surface area contributed by atoms with Gasteiger partial charge in [0.15, 0.2) is 11.4 Å². The predicted octanol–water partition coefficient (Wildman–Crippen LogP) is 2.86. The molecule has 2 rings (SSSR count). The molecular formula is C14H13N3O2S. The van der Waals surface area contributed by atoms with E-state index in [9.17, 15) is 0 Å². The second kappa shape index (κ2) is 6.80. The van der Waals surface area contributed by atoms with Gasteiger partial charge in [-0.2, -0.15) is 5.26 Å². The smallest absolute Gasteiger partial charge is 0.183 e. The molecule has 0 aliphatic carbocycles. The summed E-state index contributed by atoms with van der Waals surface area (Å²) in [7, 11) is 0. The van der Waals surface area contributed by atoms with Crippen molar-refractivity contribution in [3.63, 3.8) is 0 Å². The highest BCUT2D eigenvalue weighted by molar-refractivity contribution is 8.13. The molecule has 0 unspecified atom stereocenters. The van der Waals surface area contributed by atoms with Gasteiger partial charge in [0.2, 0.25) is 0 Å². The van der Waals surface area contributed by atoms with E-state index in [2.05, 4.69) is 10.3 Å². The lowest BCUT2D eigenvalue weighted by atomic mass is 10.1. The first kappa shape index (κ1) is 14.2. The Morgan fingerprint density at radius 1 is 1.35 bits per heavy atom. The lowest BCUT2D eigenvalue weighted by Crippen LogP contribution is -2.12. The average molecular weight is 287 g/mol. The van der Waals surface area contributed by atoms with Crippen molar-refractivity contribution in [2.75, 3.05) is 6.26 Å². The number of nitriles is 1. The standard InChI is InChI=1S/C14H13N3O2S/c1-20-14(16-9-15)17-11-4-2-10(3-5-11)13-7-6-12(8-18)19-13/h2-7,18H,8H2,1H3,(H,16,17). The molecule has 0 atom stereocenters. The van der Waals surface area contributed by atoms with Crippen LogP contribution in [-0.4, -0.2) is 16.5 Å². The summed E-state index contributed by atoms with van der Waals surface area (Å²) in [5.74, 6) is 1.23. The molecule has 1 aromatic heterocycles. The second-order valence-corrected chi connectivity index (χ2v) is 4.62. The number of aliphatic imine (C=N–C) groups is 1. The minimum atomic E-state index is -0.112. The lowest BCUT2D eigenvalue weighted by Gasteiger charge is -2.01. The molecule has 2 aromatic rings. The van der Waals surface area contributed by atoms with Gasteiger partial charge >= 0.3 is 0 Å². The van der Waals surface area contributed by atoms with Gasteiger partial charge in [-0.05, 0) is 42.7 Å². The summed E-state index contributed by atoms with van der Waals surface area (Å²) in [5.41, 5.74) is 1.65. The van der Waals surface area contributed by atoms with Crippen molar-refractivity contribution in [2.45, 2.75) is 6.61 Å². The third-order valence-corrected chi connectivity index (χ3v) is 3.14. The Labute approximate surface area is 120 Å². The number of aliphatic hydroxyl groups excluding tert-OH is 1. The number of benzene rings is 1. The number of nitrogens with one attached hydrogen (secondary N) is 1. The van der Waals surface area contributed by atoms with E-state index in [1.807, 2.05) is 42.8 Å². The Hall–Kier alpha value is -2.23. The molecule has 1 aromatic carbocycles. The Balaban J connectivity index is 2.20. The summed E-state index contributed by atoms with van der Waals surface area (Å²) in [6.45, 7) is -0.112. The number of hydrogen-bond donors (Lipinski definition) is 2. The Bertz CT molecular complexity index is 641. The van der Waals surface area contributed by atoms with E-state index in [1.54, 1.807) is 6.07 Å². The maximum absolute atomic E-state index is 8.97. The van der Waals surface area contributed by atoms with Gasteiger partial charge in [-0.15, -0.1) is 0 Å². The van der Waals surface area contributed by atoms with Crippen LogP contribution in [0, 0.1) is 11.5 Å². The SMILES string of the molecule is CSC(=Nc1ccc(-c2ccc(CO)o2)cc1)NC#N. The monoisotopic (exact) mass is 287 g/mol. The molecular weight excluding hydrogens is 274 g/mol. The zero-order chi connectivity index (χ0) is 14.4. The fraction of sp³-hybridized carbons (Fsp3) is 0.143. The largest absolute Gasteiger partial charge is 0.459 e. The van der Waals surface area contributed by atoms with Crippen LogP contribution in [0.2, 0.25) is 0 Å². The van der Waals surface area contributed by atoms with Crippen LogP contribution in [0.25, 0.3) is 11.3 Å². The Morgan fingerprint density at radius 3 is 2.65 bits per heavy atom. The molecule has 0 saturated heterocycles. The van der Waals surface area contributed by atoms with E-state index >= 15 is 0 Å². The van der Waals surface area contributed by atoms with E-state index in [-0.39, 0.29) is 6.61 Å². The van der Waals surface area contributed by atoms with Crippen LogP contribution < -0.4 is 5.32 Å². The molecule has 5 nitrogen and oxygen atoms in total. The molecule has 0 fully saturated rings. The van der Waals surface area contributed by atoms with Crippen molar-refractivity contribution in [2.24, 2.45) is 4.99 Å². The lowest BCUT2D eigenvalue weighted by molar-refractivity contribution is 0.248. The van der Waals surface area contributed by atoms with Crippen LogP contribution in [0.3, 0.4) is 0 Å². The number of hydrogen-bond acceptors (Lipinski definition) is 5. The maximum atomic E-state index is 8.97. The molecule has 0 radical (unpaired) electrons. The van der Waals surface area contributed by atoms with Crippen LogP contribution in [0.5, 0.6) is 0 Å². The highest BCUT2D eigenvalue weighted by Gasteiger charge is 2.04. The van der Waals surface area contributed by atoms with Crippen molar-refractivity contribution in [1.82, 2.24) is 5.32 Å². The molecule has 1 heterocycles. The number of rotatable bonds is 3. The Kier molecular flexibility index (Phi) is 4.82. The molecule has 20 heavy (non-hydrogen) atoms. The minimum absolute atomic E-state index is 0.112. The number of aliphatic hydroxyl groups is 1. The first-order valence-electron chi connectivity index (χ1n) is 5.84. The number of furan rings is 1. The molecule has 0 bridgehead atoms. The normalized spacial score (nSPS) is 11.2. The minimum Gasteiger partial charge on any atom is -0.459 e. The Morgan fingerprint density at radius 2 is 2.10 bits per heavy atom. The van der Waals surface area contributed by atoms with Crippen molar-refractivity contribution >= 4 is 22.6 Å². The van der Waals surface area contributed by atoms with E-state index < -0.39 is 0 Å². The van der Waals surface area contributed by atoms with Gasteiger partial charge in [-0.1, -0.05) is 11.8 Å². The molecule has 102 valence electrons. The van der Waals surface area contributed by atoms with Crippen molar-refractivity contribution in [3.8, 4) is 17.5 Å². The second-order valence-electron chi connectivity index (χ2n) is 3.83. The molecule has 6 heteroatoms. The van der Waals surface area contributed by atoms with Gasteiger partial charge in [0.25, 0.3) is 0 Å². The van der Waals surface area contributed by atoms with Crippen molar-refractivity contribution in [3.05, 3.63) is 42.2 Å². The number of amidine groups is 1. The quantitative estimate of drug-likeness (QED) is 0.392. The topological polar surface area (TPSA) is 81.6 Å². The summed E-state index contributed by atoms with van der Waals surface area (Å²) in [5, 5.41) is 20.6. The summed E-state index contributed by atoms with van der Waals surface area (Å²) in [6.07, 6.45) is 3.69. The van der Waals surface area contributed by atoms with E-state index in [1.165, 1.54) is 11.8 Å². The highest BCUT2D eigenvalue weighted by atomic mass is 32.2. The molecule has 0 saturated carbocycles. The third-order valence-electron chi connectivity index (χ3n) is 2.56. The van der Waals surface area contributed by atoms with Crippen LogP contribution in [0.15, 0.2) is 45.8 Å². The summed E-state index contributed by atoms with van der Waals surface area (Å²) >= 11 is 1.37. The van der Waals surface area contributed by atoms with Crippen LogP contribution in [0.1, 0.15) is 5.76 Å². The molecule has 0 aliphatic heterocycles. The van der Waals surface area contributed by atoms with Gasteiger partial charge in [0.05, 0.1) is 5.69 Å². The number of nitrogens with zero attached hydrogens (tertiary/aromatic N) is 2. The maximum Gasteiger partial charge on any atom is 0.183 e. The molecule has 0 aliphatic rings. The molecule has 0 spiro atoms. The zero-order valence-corrected chi connectivity index (χ0v) is 11.6. The summed E-state index contributed by atoms with van der Waals surface area (Å²) in [4.78, 5) is 4.30. The van der Waals surface area contributed by atoms with E-state index in [0.717, 1.165) is 11.3 Å². The van der Waals surface area contributed by atoms with Gasteiger partial charge < -0.3 is 9.52 Å². The van der Waals surface area contributed by atoms with Gasteiger partial charge in [-0.25, -0.2) is 4.99 Å². The average Bonchev–Trinajstić information content (AvgIpc) is 2.96. The fourth-order valence-electron chi connectivity index (χ4n) is 1.61. The number of thioether (sulfide) groups is 1. The van der Waals surface area contributed by atoms with Gasteiger partial charge in [0, 0.05) is 5.56 Å². The van der Waals surface area contributed by atoms with Crippen molar-refractivity contribution in [1.29, 1.82) is 5.26 Å². The molecule has 0 amide bonds.